The van der Waals surface area contributed by atoms with E-state index in [-0.39, 0.29) is 17.7 Å². The molecule has 0 bridgehead atoms. The molecule has 0 aromatic heterocycles. The van der Waals surface area contributed by atoms with Crippen LogP contribution >= 0.6 is 11.6 Å². The van der Waals surface area contributed by atoms with Crippen LogP contribution in [0.2, 0.25) is 5.02 Å². The zero-order valence-corrected chi connectivity index (χ0v) is 10.1. The quantitative estimate of drug-likeness (QED) is 0.667. The normalized spacial score (nSPS) is 23.9. The Balaban J connectivity index is 2.14. The standard InChI is InChI=1S/C12H14ClNO3/c13-11-7-10(14(16)17)5-4-8(11)6-9-2-1-3-12(9)15/h4-5,7,9,12,15H,1-3,6H2. The molecule has 0 spiro atoms. The highest BCUT2D eigenvalue weighted by Crippen LogP contribution is 2.32. The molecule has 2 unspecified atom stereocenters. The molecule has 4 nitrogen and oxygen atoms in total. The molecular weight excluding hydrogens is 242 g/mol. The van der Waals surface area contributed by atoms with E-state index in [1.165, 1.54) is 12.1 Å². The van der Waals surface area contributed by atoms with E-state index in [2.05, 4.69) is 0 Å². The predicted molar refractivity (Wildman–Crippen MR) is 65.2 cm³/mol. The van der Waals surface area contributed by atoms with Crippen molar-refractivity contribution in [3.05, 3.63) is 38.9 Å². The van der Waals surface area contributed by atoms with Crippen molar-refractivity contribution in [1.82, 2.24) is 0 Å². The molecule has 17 heavy (non-hydrogen) atoms. The number of nitro groups is 1. The predicted octanol–water partition coefficient (Wildman–Crippen LogP) is 2.95. The van der Waals surface area contributed by atoms with Gasteiger partial charge >= 0.3 is 0 Å². The van der Waals surface area contributed by atoms with E-state index in [4.69, 9.17) is 11.6 Å². The largest absolute Gasteiger partial charge is 0.393 e. The fraction of sp³-hybridized carbons (Fsp3) is 0.500. The van der Waals surface area contributed by atoms with Gasteiger partial charge in [-0.25, -0.2) is 0 Å². The van der Waals surface area contributed by atoms with Gasteiger partial charge in [0.05, 0.1) is 16.0 Å². The van der Waals surface area contributed by atoms with Gasteiger partial charge in [0.2, 0.25) is 0 Å². The fourth-order valence-corrected chi connectivity index (χ4v) is 2.61. The Labute approximate surface area is 104 Å². The highest BCUT2D eigenvalue weighted by atomic mass is 35.5. The van der Waals surface area contributed by atoms with Crippen molar-refractivity contribution in [2.24, 2.45) is 5.92 Å². The topological polar surface area (TPSA) is 63.4 Å². The van der Waals surface area contributed by atoms with Crippen LogP contribution in [0, 0.1) is 16.0 Å². The molecule has 1 fully saturated rings. The lowest BCUT2D eigenvalue weighted by molar-refractivity contribution is -0.384. The summed E-state index contributed by atoms with van der Waals surface area (Å²) in [6.45, 7) is 0. The summed E-state index contributed by atoms with van der Waals surface area (Å²) in [6, 6.07) is 4.52. The van der Waals surface area contributed by atoms with Crippen molar-refractivity contribution in [3.63, 3.8) is 0 Å². The summed E-state index contributed by atoms with van der Waals surface area (Å²) in [5.41, 5.74) is 0.883. The molecule has 1 aromatic rings. The number of nitrogens with zero attached hydrogens (tertiary/aromatic N) is 1. The molecule has 1 aliphatic carbocycles. The minimum atomic E-state index is -0.458. The first-order valence-corrected chi connectivity index (χ1v) is 6.06. The van der Waals surface area contributed by atoms with Gasteiger partial charge in [-0.15, -0.1) is 0 Å². The van der Waals surface area contributed by atoms with E-state index in [1.807, 2.05) is 0 Å². The van der Waals surface area contributed by atoms with Gasteiger partial charge in [-0.3, -0.25) is 10.1 Å². The lowest BCUT2D eigenvalue weighted by atomic mass is 9.96. The maximum absolute atomic E-state index is 10.6. The van der Waals surface area contributed by atoms with Crippen LogP contribution in [0.3, 0.4) is 0 Å². The van der Waals surface area contributed by atoms with Crippen molar-refractivity contribution in [1.29, 1.82) is 0 Å². The number of nitro benzene ring substituents is 1. The molecule has 1 aliphatic rings. The Hall–Kier alpha value is -1.13. The van der Waals surface area contributed by atoms with Gasteiger partial charge in [0.25, 0.3) is 5.69 Å². The summed E-state index contributed by atoms with van der Waals surface area (Å²) in [6.07, 6.45) is 3.30. The van der Waals surface area contributed by atoms with Crippen LogP contribution < -0.4 is 0 Å². The van der Waals surface area contributed by atoms with Crippen molar-refractivity contribution in [3.8, 4) is 0 Å². The lowest BCUT2D eigenvalue weighted by Gasteiger charge is -2.14. The molecular formula is C12H14ClNO3. The second-order valence-electron chi connectivity index (χ2n) is 4.50. The van der Waals surface area contributed by atoms with Crippen LogP contribution in [0.25, 0.3) is 0 Å². The van der Waals surface area contributed by atoms with Crippen LogP contribution in [0.1, 0.15) is 24.8 Å². The monoisotopic (exact) mass is 255 g/mol. The Kier molecular flexibility index (Phi) is 3.64. The number of halogens is 1. The van der Waals surface area contributed by atoms with E-state index < -0.39 is 4.92 Å². The number of benzene rings is 1. The maximum atomic E-state index is 10.6. The summed E-state index contributed by atoms with van der Waals surface area (Å²) in [4.78, 5) is 10.1. The van der Waals surface area contributed by atoms with Gasteiger partial charge in [0.15, 0.2) is 0 Å². The lowest BCUT2D eigenvalue weighted by Crippen LogP contribution is -2.15. The highest BCUT2D eigenvalue weighted by Gasteiger charge is 2.26. The summed E-state index contributed by atoms with van der Waals surface area (Å²) in [5.74, 6) is 0.231. The first-order chi connectivity index (χ1) is 8.08. The molecule has 0 heterocycles. The number of hydrogen-bond acceptors (Lipinski definition) is 3. The van der Waals surface area contributed by atoms with Crippen LogP contribution in [-0.2, 0) is 6.42 Å². The Morgan fingerprint density at radius 3 is 2.76 bits per heavy atom. The molecule has 0 saturated heterocycles. The van der Waals surface area contributed by atoms with Crippen molar-refractivity contribution in [2.45, 2.75) is 31.8 Å². The summed E-state index contributed by atoms with van der Waals surface area (Å²) in [5, 5.41) is 20.7. The van der Waals surface area contributed by atoms with Gasteiger partial charge in [-0.05, 0) is 30.7 Å². The van der Waals surface area contributed by atoms with Gasteiger partial charge in [-0.2, -0.15) is 0 Å². The zero-order valence-electron chi connectivity index (χ0n) is 9.30. The summed E-state index contributed by atoms with van der Waals surface area (Å²) < 4.78 is 0. The Bertz CT molecular complexity index is 436. The first-order valence-electron chi connectivity index (χ1n) is 5.69. The van der Waals surface area contributed by atoms with Gasteiger partial charge in [-0.1, -0.05) is 24.1 Å². The fourth-order valence-electron chi connectivity index (χ4n) is 2.35. The average Bonchev–Trinajstić information content (AvgIpc) is 2.67. The number of rotatable bonds is 3. The van der Waals surface area contributed by atoms with Crippen LogP contribution in [0.4, 0.5) is 5.69 Å². The molecule has 5 heteroatoms. The van der Waals surface area contributed by atoms with Gasteiger partial charge < -0.3 is 5.11 Å². The SMILES string of the molecule is O=[N+]([O-])c1ccc(CC2CCCC2O)c(Cl)c1. The number of hydrogen-bond donors (Lipinski definition) is 1. The van der Waals surface area contributed by atoms with Crippen molar-refractivity contribution in [2.75, 3.05) is 0 Å². The molecule has 1 N–H and O–H groups in total. The minimum Gasteiger partial charge on any atom is -0.393 e. The molecule has 0 aliphatic heterocycles. The number of non-ortho nitro benzene ring substituents is 1. The Morgan fingerprint density at radius 2 is 2.24 bits per heavy atom. The molecule has 1 saturated carbocycles. The third kappa shape index (κ3) is 2.76. The van der Waals surface area contributed by atoms with Crippen molar-refractivity contribution >= 4 is 17.3 Å². The molecule has 0 radical (unpaired) electrons. The summed E-state index contributed by atoms with van der Waals surface area (Å²) >= 11 is 6.01. The van der Waals surface area contributed by atoms with E-state index in [0.717, 1.165) is 24.8 Å². The van der Waals surface area contributed by atoms with Crippen molar-refractivity contribution < 1.29 is 10.0 Å². The maximum Gasteiger partial charge on any atom is 0.270 e. The van der Waals surface area contributed by atoms with Crippen LogP contribution in [-0.4, -0.2) is 16.1 Å². The van der Waals surface area contributed by atoms with E-state index >= 15 is 0 Å². The average molecular weight is 256 g/mol. The minimum absolute atomic E-state index is 0.00530. The van der Waals surface area contributed by atoms with E-state index in [9.17, 15) is 15.2 Å². The van der Waals surface area contributed by atoms with E-state index in [1.54, 1.807) is 6.07 Å². The number of aliphatic hydroxyl groups is 1. The van der Waals surface area contributed by atoms with Crippen LogP contribution in [0.5, 0.6) is 0 Å². The smallest absolute Gasteiger partial charge is 0.270 e. The highest BCUT2D eigenvalue weighted by molar-refractivity contribution is 6.31. The molecule has 2 rings (SSSR count). The summed E-state index contributed by atoms with van der Waals surface area (Å²) in [7, 11) is 0. The molecule has 2 atom stereocenters. The second-order valence-corrected chi connectivity index (χ2v) is 4.90. The molecule has 92 valence electrons. The molecule has 0 amide bonds. The van der Waals surface area contributed by atoms with Crippen LogP contribution in [0.15, 0.2) is 18.2 Å². The third-order valence-corrected chi connectivity index (χ3v) is 3.70. The first kappa shape index (κ1) is 12.3. The zero-order chi connectivity index (χ0) is 12.4. The van der Waals surface area contributed by atoms with Gasteiger partial charge in [0.1, 0.15) is 0 Å². The third-order valence-electron chi connectivity index (χ3n) is 3.35. The second kappa shape index (κ2) is 5.02. The number of aliphatic hydroxyl groups excluding tert-OH is 1. The Morgan fingerprint density at radius 1 is 1.47 bits per heavy atom. The van der Waals surface area contributed by atoms with E-state index in [0.29, 0.717) is 11.4 Å². The molecule has 1 aromatic carbocycles. The van der Waals surface area contributed by atoms with Gasteiger partial charge in [0, 0.05) is 12.1 Å².